The van der Waals surface area contributed by atoms with Gasteiger partial charge in [0, 0.05) is 17.0 Å². The number of halogens is 2. The molecule has 0 amide bonds. The second kappa shape index (κ2) is 6.86. The van der Waals surface area contributed by atoms with Gasteiger partial charge in [0.1, 0.15) is 10.8 Å². The number of aromatic nitrogens is 2. The lowest BCUT2D eigenvalue weighted by atomic mass is 10.0. The molecule has 1 heterocycles. The van der Waals surface area contributed by atoms with E-state index in [0.717, 1.165) is 4.68 Å². The van der Waals surface area contributed by atoms with Gasteiger partial charge in [-0.1, -0.05) is 35.9 Å². The highest BCUT2D eigenvalue weighted by Crippen LogP contribution is 2.32. The van der Waals surface area contributed by atoms with Crippen LogP contribution in [0.2, 0.25) is 5.02 Å². The van der Waals surface area contributed by atoms with Crippen molar-refractivity contribution >= 4 is 28.1 Å². The van der Waals surface area contributed by atoms with E-state index < -0.39 is 10.7 Å². The number of nitro groups is 1. The van der Waals surface area contributed by atoms with Gasteiger partial charge in [-0.2, -0.15) is 9.78 Å². The zero-order valence-corrected chi connectivity index (χ0v) is 14.9. The first-order valence-corrected chi connectivity index (χ1v) is 8.56. The minimum atomic E-state index is -0.579. The molecule has 8 heteroatoms. The van der Waals surface area contributed by atoms with Gasteiger partial charge in [0.15, 0.2) is 0 Å². The fourth-order valence-corrected chi connectivity index (χ4v) is 3.15. The van der Waals surface area contributed by atoms with E-state index in [1.54, 1.807) is 30.3 Å². The third-order valence-corrected chi connectivity index (χ3v) is 4.61. The minimum absolute atomic E-state index is 0.00455. The van der Waals surface area contributed by atoms with E-state index >= 15 is 0 Å². The van der Waals surface area contributed by atoms with Crippen molar-refractivity contribution in [1.29, 1.82) is 0 Å². The third-order valence-electron chi connectivity index (χ3n) is 4.29. The maximum atomic E-state index is 13.3. The predicted octanol–water partition coefficient (Wildman–Crippen LogP) is 4.75. The van der Waals surface area contributed by atoms with Crippen LogP contribution in [0.25, 0.3) is 27.7 Å². The average Bonchev–Trinajstić information content (AvgIpc) is 2.70. The number of fused-ring (bicyclic) bond motifs is 1. The summed E-state index contributed by atoms with van der Waals surface area (Å²) in [7, 11) is 0. The smallest absolute Gasteiger partial charge is 0.267 e. The maximum absolute atomic E-state index is 13.3. The molecule has 1 aromatic heterocycles. The van der Waals surface area contributed by atoms with E-state index in [1.807, 2.05) is 0 Å². The third kappa shape index (κ3) is 3.01. The number of benzene rings is 3. The Morgan fingerprint density at radius 2 is 1.68 bits per heavy atom. The molecule has 0 spiro atoms. The zero-order valence-electron chi connectivity index (χ0n) is 14.2. The van der Waals surface area contributed by atoms with E-state index in [-0.39, 0.29) is 16.3 Å². The molecule has 0 aliphatic carbocycles. The van der Waals surface area contributed by atoms with Crippen LogP contribution < -0.4 is 5.56 Å². The number of hydrogen-bond acceptors (Lipinski definition) is 4. The Bertz CT molecular complexity index is 1290. The van der Waals surface area contributed by atoms with Crippen LogP contribution in [0.15, 0.2) is 71.5 Å². The van der Waals surface area contributed by atoms with Crippen molar-refractivity contribution < 1.29 is 9.31 Å². The molecule has 6 nitrogen and oxygen atoms in total. The second-order valence-electron chi connectivity index (χ2n) is 6.01. The largest absolute Gasteiger partial charge is 0.288 e. The molecule has 0 saturated carbocycles. The van der Waals surface area contributed by atoms with Crippen LogP contribution in [0.5, 0.6) is 0 Å². The average molecular weight is 396 g/mol. The first-order valence-electron chi connectivity index (χ1n) is 8.18. The van der Waals surface area contributed by atoms with Crippen molar-refractivity contribution in [2.75, 3.05) is 0 Å². The number of nitro benzene ring substituents is 1. The van der Waals surface area contributed by atoms with Crippen molar-refractivity contribution in [3.8, 4) is 16.9 Å². The molecule has 138 valence electrons. The molecule has 4 rings (SSSR count). The van der Waals surface area contributed by atoms with Gasteiger partial charge in [0.2, 0.25) is 0 Å². The van der Waals surface area contributed by atoms with E-state index in [9.17, 15) is 19.3 Å². The van der Waals surface area contributed by atoms with Crippen LogP contribution in [-0.2, 0) is 0 Å². The Labute approximate surface area is 162 Å². The van der Waals surface area contributed by atoms with Gasteiger partial charge in [-0.25, -0.2) is 4.39 Å². The Hall–Kier alpha value is -3.58. The zero-order chi connectivity index (χ0) is 19.8. The summed E-state index contributed by atoms with van der Waals surface area (Å²) < 4.78 is 14.4. The Morgan fingerprint density at radius 1 is 1.00 bits per heavy atom. The highest BCUT2D eigenvalue weighted by molar-refractivity contribution is 6.32. The molecule has 0 bridgehead atoms. The number of nitrogens with zero attached hydrogens (tertiary/aromatic N) is 3. The van der Waals surface area contributed by atoms with Crippen LogP contribution in [0.4, 0.5) is 10.1 Å². The van der Waals surface area contributed by atoms with Crippen molar-refractivity contribution in [2.24, 2.45) is 0 Å². The Morgan fingerprint density at radius 3 is 2.36 bits per heavy atom. The molecule has 0 N–H and O–H groups in total. The van der Waals surface area contributed by atoms with Crippen LogP contribution >= 0.6 is 11.6 Å². The van der Waals surface area contributed by atoms with E-state index in [2.05, 4.69) is 5.10 Å². The van der Waals surface area contributed by atoms with Crippen LogP contribution in [-0.4, -0.2) is 14.7 Å². The summed E-state index contributed by atoms with van der Waals surface area (Å²) in [6, 6.07) is 16.5. The van der Waals surface area contributed by atoms with Crippen molar-refractivity contribution in [3.63, 3.8) is 0 Å². The Balaban J connectivity index is 2.05. The van der Waals surface area contributed by atoms with Gasteiger partial charge in [-0.05, 0) is 36.4 Å². The first kappa shape index (κ1) is 17.8. The molecule has 0 aliphatic heterocycles. The predicted molar refractivity (Wildman–Crippen MR) is 104 cm³/mol. The summed E-state index contributed by atoms with van der Waals surface area (Å²) in [6.07, 6.45) is 0. The highest BCUT2D eigenvalue weighted by atomic mass is 35.5. The van der Waals surface area contributed by atoms with Crippen molar-refractivity contribution in [2.45, 2.75) is 0 Å². The molecule has 4 aromatic rings. The van der Waals surface area contributed by atoms with Gasteiger partial charge in [-0.15, -0.1) is 0 Å². The summed E-state index contributed by atoms with van der Waals surface area (Å²) in [6.45, 7) is 0. The molecule has 0 radical (unpaired) electrons. The van der Waals surface area contributed by atoms with Crippen LogP contribution in [0, 0.1) is 15.9 Å². The molecule has 3 aromatic carbocycles. The lowest BCUT2D eigenvalue weighted by molar-refractivity contribution is -0.384. The van der Waals surface area contributed by atoms with Gasteiger partial charge in [-0.3, -0.25) is 14.9 Å². The summed E-state index contributed by atoms with van der Waals surface area (Å²) in [5.41, 5.74) is 0.545. The number of rotatable bonds is 3. The lowest BCUT2D eigenvalue weighted by Crippen LogP contribution is -2.22. The maximum Gasteiger partial charge on any atom is 0.288 e. The molecule has 0 aliphatic rings. The lowest BCUT2D eigenvalue weighted by Gasteiger charge is -2.11. The van der Waals surface area contributed by atoms with Gasteiger partial charge < -0.3 is 0 Å². The first-order chi connectivity index (χ1) is 13.5. The van der Waals surface area contributed by atoms with Crippen molar-refractivity contribution in [1.82, 2.24) is 9.78 Å². The molecule has 0 saturated heterocycles. The topological polar surface area (TPSA) is 78.0 Å². The highest BCUT2D eigenvalue weighted by Gasteiger charge is 2.18. The van der Waals surface area contributed by atoms with Crippen molar-refractivity contribution in [3.05, 3.63) is 98.0 Å². The van der Waals surface area contributed by atoms with E-state index in [1.165, 1.54) is 36.4 Å². The molecule has 0 fully saturated rings. The molecule has 0 unspecified atom stereocenters. The minimum Gasteiger partial charge on any atom is -0.267 e. The van der Waals surface area contributed by atoms with Gasteiger partial charge in [0.25, 0.3) is 11.2 Å². The van der Waals surface area contributed by atoms with Gasteiger partial charge in [0.05, 0.1) is 21.7 Å². The van der Waals surface area contributed by atoms with E-state index in [0.29, 0.717) is 27.7 Å². The standard InChI is InChI=1S/C20H11ClFN3O3/c21-17-10-5-12(11-18(17)25(27)28)19-15-3-1-2-4-16(15)20(26)24(23-19)14-8-6-13(22)7-9-14/h1-11H. The molecular formula is C20H11ClFN3O3. The SMILES string of the molecule is O=c1c2ccccc2c(-c2ccc(Cl)c([N+](=O)[O-])c2)nn1-c1ccc(F)cc1. The Kier molecular flexibility index (Phi) is 4.37. The summed E-state index contributed by atoms with van der Waals surface area (Å²) in [5, 5.41) is 16.6. The fourth-order valence-electron chi connectivity index (χ4n) is 2.96. The number of hydrogen-bond donors (Lipinski definition) is 0. The van der Waals surface area contributed by atoms with Crippen LogP contribution in [0.1, 0.15) is 0 Å². The second-order valence-corrected chi connectivity index (χ2v) is 6.42. The molecule has 28 heavy (non-hydrogen) atoms. The summed E-state index contributed by atoms with van der Waals surface area (Å²) in [4.78, 5) is 23.6. The monoisotopic (exact) mass is 395 g/mol. The summed E-state index contributed by atoms with van der Waals surface area (Å²) in [5.74, 6) is -0.439. The van der Waals surface area contributed by atoms with Gasteiger partial charge >= 0.3 is 0 Å². The normalized spacial score (nSPS) is 10.9. The fraction of sp³-hybridized carbons (Fsp3) is 0. The summed E-state index contributed by atoms with van der Waals surface area (Å²) >= 11 is 5.91. The quantitative estimate of drug-likeness (QED) is 0.370. The van der Waals surface area contributed by atoms with Crippen LogP contribution in [0.3, 0.4) is 0 Å². The van der Waals surface area contributed by atoms with E-state index in [4.69, 9.17) is 11.6 Å². The molecule has 0 atom stereocenters. The molecular weight excluding hydrogens is 385 g/mol.